The summed E-state index contributed by atoms with van der Waals surface area (Å²) < 4.78 is 6.38. The van der Waals surface area contributed by atoms with Crippen LogP contribution >= 0.6 is 23.1 Å². The van der Waals surface area contributed by atoms with Crippen LogP contribution < -0.4 is 5.32 Å². The number of aromatic nitrogens is 1. The molecule has 3 aromatic rings. The molecule has 118 valence electrons. The molecule has 2 aromatic heterocycles. The van der Waals surface area contributed by atoms with Gasteiger partial charge in [0.25, 0.3) is 0 Å². The van der Waals surface area contributed by atoms with Crippen molar-refractivity contribution < 1.29 is 9.21 Å². The van der Waals surface area contributed by atoms with Crippen LogP contribution in [0.15, 0.2) is 53.2 Å². The predicted octanol–water partition coefficient (Wildman–Crippen LogP) is 3.95. The minimum absolute atomic E-state index is 0.0946. The zero-order valence-corrected chi connectivity index (χ0v) is 14.0. The van der Waals surface area contributed by atoms with Gasteiger partial charge in [0.2, 0.25) is 5.91 Å². The summed E-state index contributed by atoms with van der Waals surface area (Å²) in [6.45, 7) is 0.633. The van der Waals surface area contributed by atoms with Gasteiger partial charge in [0.15, 0.2) is 0 Å². The lowest BCUT2D eigenvalue weighted by molar-refractivity contribution is -0.116. The molecule has 0 saturated carbocycles. The number of thiazole rings is 1. The number of hydrogen-bond donors (Lipinski definition) is 1. The molecule has 4 nitrogen and oxygen atoms in total. The second kappa shape index (κ2) is 7.99. The molecule has 1 amide bonds. The van der Waals surface area contributed by atoms with Crippen LogP contribution in [0.3, 0.4) is 0 Å². The van der Waals surface area contributed by atoms with E-state index in [0.29, 0.717) is 6.54 Å². The number of carbonyl (C=O) groups excluding carboxylic acids is 1. The summed E-state index contributed by atoms with van der Waals surface area (Å²) in [5.74, 6) is 2.53. The smallest absolute Gasteiger partial charge is 0.244 e. The van der Waals surface area contributed by atoms with Crippen LogP contribution in [0, 0.1) is 0 Å². The minimum Gasteiger partial charge on any atom is -0.468 e. The van der Waals surface area contributed by atoms with E-state index in [-0.39, 0.29) is 5.91 Å². The third-order valence-electron chi connectivity index (χ3n) is 3.06. The van der Waals surface area contributed by atoms with E-state index in [2.05, 4.69) is 10.3 Å². The lowest BCUT2D eigenvalue weighted by Crippen LogP contribution is -2.23. The lowest BCUT2D eigenvalue weighted by Gasteiger charge is -2.01. The maximum absolute atomic E-state index is 11.8. The highest BCUT2D eigenvalue weighted by atomic mass is 32.2. The topological polar surface area (TPSA) is 55.1 Å². The molecule has 0 atom stereocenters. The number of carbonyl (C=O) groups is 1. The Balaban J connectivity index is 1.40. The number of benzene rings is 1. The SMILES string of the molecule is O=C(C=Cc1nc2ccccc2s1)NCCSCc1ccco1. The first-order chi connectivity index (χ1) is 11.3. The molecule has 0 bridgehead atoms. The van der Waals surface area contributed by atoms with Gasteiger partial charge in [-0.05, 0) is 30.3 Å². The van der Waals surface area contributed by atoms with Gasteiger partial charge in [0, 0.05) is 18.4 Å². The second-order valence-electron chi connectivity index (χ2n) is 4.78. The van der Waals surface area contributed by atoms with E-state index in [1.165, 1.54) is 6.08 Å². The van der Waals surface area contributed by atoms with Crippen LogP contribution in [-0.4, -0.2) is 23.2 Å². The molecule has 0 aliphatic heterocycles. The van der Waals surface area contributed by atoms with Crippen molar-refractivity contribution in [2.24, 2.45) is 0 Å². The zero-order chi connectivity index (χ0) is 15.9. The normalized spacial score (nSPS) is 11.3. The third-order valence-corrected chi connectivity index (χ3v) is 5.04. The Hall–Kier alpha value is -2.05. The Bertz CT molecular complexity index is 761. The molecule has 3 rings (SSSR count). The van der Waals surface area contributed by atoms with Gasteiger partial charge in [-0.3, -0.25) is 4.79 Å². The summed E-state index contributed by atoms with van der Waals surface area (Å²) in [6.07, 6.45) is 4.97. The van der Waals surface area contributed by atoms with Gasteiger partial charge in [-0.25, -0.2) is 4.98 Å². The number of furan rings is 1. The summed E-state index contributed by atoms with van der Waals surface area (Å²) >= 11 is 3.30. The van der Waals surface area contributed by atoms with Gasteiger partial charge in [-0.1, -0.05) is 12.1 Å². The van der Waals surface area contributed by atoms with Crippen molar-refractivity contribution in [1.82, 2.24) is 10.3 Å². The summed E-state index contributed by atoms with van der Waals surface area (Å²) in [5, 5.41) is 3.71. The lowest BCUT2D eigenvalue weighted by atomic mass is 10.3. The molecule has 1 aromatic carbocycles. The monoisotopic (exact) mass is 344 g/mol. The van der Waals surface area contributed by atoms with E-state index in [9.17, 15) is 4.79 Å². The van der Waals surface area contributed by atoms with Crippen LogP contribution in [0.5, 0.6) is 0 Å². The van der Waals surface area contributed by atoms with E-state index >= 15 is 0 Å². The quantitative estimate of drug-likeness (QED) is 0.521. The highest BCUT2D eigenvalue weighted by Crippen LogP contribution is 2.22. The van der Waals surface area contributed by atoms with Crippen LogP contribution in [0.25, 0.3) is 16.3 Å². The van der Waals surface area contributed by atoms with Gasteiger partial charge in [0.1, 0.15) is 10.8 Å². The molecule has 0 radical (unpaired) electrons. The average Bonchev–Trinajstić information content (AvgIpc) is 3.21. The number of rotatable bonds is 7. The fraction of sp³-hybridized carbons (Fsp3) is 0.176. The first-order valence-corrected chi connectivity index (χ1v) is 9.20. The van der Waals surface area contributed by atoms with Crippen LogP contribution in [0.2, 0.25) is 0 Å². The van der Waals surface area contributed by atoms with Crippen molar-refractivity contribution in [1.29, 1.82) is 0 Å². The standard InChI is InChI=1S/C17H16N2O2S2/c20-16(18-9-11-22-12-13-4-3-10-21-13)7-8-17-19-14-5-1-2-6-15(14)23-17/h1-8,10H,9,11-12H2,(H,18,20). The molecule has 0 aliphatic rings. The summed E-state index contributed by atoms with van der Waals surface area (Å²) in [5.41, 5.74) is 0.965. The fourth-order valence-electron chi connectivity index (χ4n) is 1.98. The van der Waals surface area contributed by atoms with Crippen LogP contribution in [-0.2, 0) is 10.5 Å². The van der Waals surface area contributed by atoms with Gasteiger partial charge in [0.05, 0.1) is 22.2 Å². The number of nitrogens with zero attached hydrogens (tertiary/aromatic N) is 1. The molecule has 6 heteroatoms. The van der Waals surface area contributed by atoms with Crippen molar-refractivity contribution in [3.63, 3.8) is 0 Å². The molecule has 23 heavy (non-hydrogen) atoms. The van der Waals surface area contributed by atoms with Crippen molar-refractivity contribution in [3.05, 3.63) is 59.5 Å². The van der Waals surface area contributed by atoms with Crippen LogP contribution in [0.1, 0.15) is 10.8 Å². The minimum atomic E-state index is -0.0946. The first kappa shape index (κ1) is 15.8. The van der Waals surface area contributed by atoms with Crippen LogP contribution in [0.4, 0.5) is 0 Å². The molecule has 0 spiro atoms. The number of hydrogen-bond acceptors (Lipinski definition) is 5. The van der Waals surface area contributed by atoms with E-state index < -0.39 is 0 Å². The van der Waals surface area contributed by atoms with Crippen molar-refractivity contribution in [3.8, 4) is 0 Å². The molecule has 0 saturated heterocycles. The fourth-order valence-corrected chi connectivity index (χ4v) is 3.61. The maximum atomic E-state index is 11.8. The number of para-hydroxylation sites is 1. The number of amides is 1. The summed E-state index contributed by atoms with van der Waals surface area (Å²) in [6, 6.07) is 11.8. The van der Waals surface area contributed by atoms with E-state index in [0.717, 1.165) is 32.5 Å². The molecular formula is C17H16N2O2S2. The number of thioether (sulfide) groups is 1. The van der Waals surface area contributed by atoms with Gasteiger partial charge in [-0.2, -0.15) is 11.8 Å². The molecule has 0 unspecified atom stereocenters. The highest BCUT2D eigenvalue weighted by molar-refractivity contribution is 7.98. The Morgan fingerprint density at radius 3 is 3.04 bits per heavy atom. The number of nitrogens with one attached hydrogen (secondary N) is 1. The molecular weight excluding hydrogens is 328 g/mol. The Labute approximate surface area is 142 Å². The zero-order valence-electron chi connectivity index (χ0n) is 12.4. The van der Waals surface area contributed by atoms with Gasteiger partial charge < -0.3 is 9.73 Å². The maximum Gasteiger partial charge on any atom is 0.244 e. The summed E-state index contributed by atoms with van der Waals surface area (Å²) in [7, 11) is 0. The van der Waals surface area contributed by atoms with Gasteiger partial charge in [-0.15, -0.1) is 11.3 Å². The highest BCUT2D eigenvalue weighted by Gasteiger charge is 2.01. The first-order valence-electron chi connectivity index (χ1n) is 7.23. The van der Waals surface area contributed by atoms with E-state index in [1.807, 2.05) is 36.4 Å². The Morgan fingerprint density at radius 1 is 1.30 bits per heavy atom. The van der Waals surface area contributed by atoms with Crippen molar-refractivity contribution in [2.45, 2.75) is 5.75 Å². The predicted molar refractivity (Wildman–Crippen MR) is 96.5 cm³/mol. The Kier molecular flexibility index (Phi) is 5.50. The molecule has 1 N–H and O–H groups in total. The Morgan fingerprint density at radius 2 is 2.22 bits per heavy atom. The molecule has 2 heterocycles. The van der Waals surface area contributed by atoms with Gasteiger partial charge >= 0.3 is 0 Å². The number of fused-ring (bicyclic) bond motifs is 1. The largest absolute Gasteiger partial charge is 0.468 e. The second-order valence-corrected chi connectivity index (χ2v) is 6.94. The van der Waals surface area contributed by atoms with E-state index in [4.69, 9.17) is 4.42 Å². The summed E-state index contributed by atoms with van der Waals surface area (Å²) in [4.78, 5) is 16.2. The van der Waals surface area contributed by atoms with Crippen molar-refractivity contribution in [2.75, 3.05) is 12.3 Å². The van der Waals surface area contributed by atoms with E-state index in [1.54, 1.807) is 35.4 Å². The third kappa shape index (κ3) is 4.71. The average molecular weight is 344 g/mol. The van der Waals surface area contributed by atoms with Crippen molar-refractivity contribution >= 4 is 45.3 Å². The molecule has 0 fully saturated rings. The molecule has 0 aliphatic carbocycles.